The summed E-state index contributed by atoms with van der Waals surface area (Å²) in [6, 6.07) is 0. The summed E-state index contributed by atoms with van der Waals surface area (Å²) in [6.45, 7) is 3.81. The van der Waals surface area contributed by atoms with E-state index in [4.69, 9.17) is 10.6 Å². The Labute approximate surface area is 70.1 Å². The molecular formula is C7H11N3O2. The van der Waals surface area contributed by atoms with Crippen LogP contribution < -0.4 is 5.84 Å². The number of hydrogen-bond acceptors (Lipinski definition) is 4. The Hall–Kier alpha value is -1.52. The molecule has 2 N–H and O–H groups in total. The molecule has 0 spiro atoms. The Morgan fingerprint density at radius 3 is 2.92 bits per heavy atom. The van der Waals surface area contributed by atoms with E-state index in [9.17, 15) is 4.79 Å². The van der Waals surface area contributed by atoms with Gasteiger partial charge in [0.2, 0.25) is 5.82 Å². The second-order valence-electron chi connectivity index (χ2n) is 2.33. The van der Waals surface area contributed by atoms with Gasteiger partial charge in [-0.2, -0.15) is 0 Å². The molecule has 0 aliphatic carbocycles. The van der Waals surface area contributed by atoms with Crippen molar-refractivity contribution in [3.8, 4) is 0 Å². The van der Waals surface area contributed by atoms with Crippen molar-refractivity contribution in [2.45, 2.75) is 13.8 Å². The molecule has 1 rings (SSSR count). The number of carbonyl (C=O) groups is 1. The fourth-order valence-electron chi connectivity index (χ4n) is 0.863. The van der Waals surface area contributed by atoms with E-state index in [0.717, 1.165) is 4.68 Å². The summed E-state index contributed by atoms with van der Waals surface area (Å²) in [4.78, 5) is 15.0. The molecule has 5 nitrogen and oxygen atoms in total. The van der Waals surface area contributed by atoms with Crippen molar-refractivity contribution in [2.24, 2.45) is 0 Å². The SMILES string of the molecule is CCOC(=O)c1nc(C)cn1N. The first-order valence-electron chi connectivity index (χ1n) is 3.63. The van der Waals surface area contributed by atoms with Crippen LogP contribution in [0.3, 0.4) is 0 Å². The smallest absolute Gasteiger partial charge is 0.376 e. The van der Waals surface area contributed by atoms with Crippen molar-refractivity contribution in [3.63, 3.8) is 0 Å². The van der Waals surface area contributed by atoms with Crippen LogP contribution in [0.4, 0.5) is 0 Å². The van der Waals surface area contributed by atoms with E-state index in [1.165, 1.54) is 0 Å². The molecule has 12 heavy (non-hydrogen) atoms. The molecular weight excluding hydrogens is 158 g/mol. The minimum absolute atomic E-state index is 0.134. The van der Waals surface area contributed by atoms with Crippen LogP contribution in [0.2, 0.25) is 0 Å². The summed E-state index contributed by atoms with van der Waals surface area (Å²) in [5.41, 5.74) is 0.695. The average molecular weight is 169 g/mol. The van der Waals surface area contributed by atoms with Crippen molar-refractivity contribution in [1.29, 1.82) is 0 Å². The molecule has 0 bridgehead atoms. The topological polar surface area (TPSA) is 70.1 Å². The number of hydrogen-bond donors (Lipinski definition) is 1. The van der Waals surface area contributed by atoms with Gasteiger partial charge in [0.05, 0.1) is 12.3 Å². The van der Waals surface area contributed by atoms with E-state index in [1.54, 1.807) is 20.0 Å². The van der Waals surface area contributed by atoms with E-state index in [0.29, 0.717) is 12.3 Å². The number of aryl methyl sites for hydroxylation is 1. The number of ether oxygens (including phenoxy) is 1. The van der Waals surface area contributed by atoms with E-state index in [-0.39, 0.29) is 5.82 Å². The van der Waals surface area contributed by atoms with Crippen molar-refractivity contribution in [3.05, 3.63) is 17.7 Å². The Kier molecular flexibility index (Phi) is 2.32. The minimum Gasteiger partial charge on any atom is -0.460 e. The molecule has 66 valence electrons. The molecule has 0 amide bonds. The summed E-state index contributed by atoms with van der Waals surface area (Å²) in [7, 11) is 0. The minimum atomic E-state index is -0.492. The lowest BCUT2D eigenvalue weighted by Crippen LogP contribution is -2.18. The first-order chi connectivity index (χ1) is 5.65. The van der Waals surface area contributed by atoms with Gasteiger partial charge in [-0.3, -0.25) is 0 Å². The average Bonchev–Trinajstić information content (AvgIpc) is 2.30. The quantitative estimate of drug-likeness (QED) is 0.503. The molecule has 5 heteroatoms. The highest BCUT2D eigenvalue weighted by molar-refractivity contribution is 5.85. The zero-order chi connectivity index (χ0) is 9.14. The maximum Gasteiger partial charge on any atom is 0.376 e. The van der Waals surface area contributed by atoms with Gasteiger partial charge in [-0.15, -0.1) is 0 Å². The molecule has 1 aromatic heterocycles. The summed E-state index contributed by atoms with van der Waals surface area (Å²) in [6.07, 6.45) is 1.56. The molecule has 0 aliphatic rings. The normalized spacial score (nSPS) is 9.83. The molecule has 0 saturated heterocycles. The number of esters is 1. The van der Waals surface area contributed by atoms with Crippen LogP contribution >= 0.6 is 0 Å². The van der Waals surface area contributed by atoms with Crippen LogP contribution in [0.15, 0.2) is 6.20 Å². The third-order valence-electron chi connectivity index (χ3n) is 1.31. The first-order valence-corrected chi connectivity index (χ1v) is 3.63. The molecule has 0 atom stereocenters. The fraction of sp³-hybridized carbons (Fsp3) is 0.429. The highest BCUT2D eigenvalue weighted by atomic mass is 16.5. The van der Waals surface area contributed by atoms with Gasteiger partial charge in [-0.25, -0.2) is 14.5 Å². The molecule has 0 radical (unpaired) electrons. The van der Waals surface area contributed by atoms with Crippen molar-refractivity contribution >= 4 is 5.97 Å². The van der Waals surface area contributed by atoms with Gasteiger partial charge < -0.3 is 10.6 Å². The van der Waals surface area contributed by atoms with Gasteiger partial charge in [0.25, 0.3) is 0 Å². The monoisotopic (exact) mass is 169 g/mol. The largest absolute Gasteiger partial charge is 0.460 e. The van der Waals surface area contributed by atoms with Crippen molar-refractivity contribution in [2.75, 3.05) is 12.4 Å². The lowest BCUT2D eigenvalue weighted by Gasteiger charge is -1.99. The van der Waals surface area contributed by atoms with E-state index < -0.39 is 5.97 Å². The lowest BCUT2D eigenvalue weighted by molar-refractivity contribution is 0.0509. The Bertz CT molecular complexity index is 293. The third-order valence-corrected chi connectivity index (χ3v) is 1.31. The van der Waals surface area contributed by atoms with Gasteiger partial charge in [0, 0.05) is 6.20 Å². The lowest BCUT2D eigenvalue weighted by atomic mass is 10.6. The van der Waals surface area contributed by atoms with Crippen LogP contribution in [-0.4, -0.2) is 22.2 Å². The molecule has 0 aromatic carbocycles. The van der Waals surface area contributed by atoms with E-state index >= 15 is 0 Å². The van der Waals surface area contributed by atoms with Crippen LogP contribution in [-0.2, 0) is 4.74 Å². The molecule has 1 aromatic rings. The fourth-order valence-corrected chi connectivity index (χ4v) is 0.863. The molecule has 1 heterocycles. The van der Waals surface area contributed by atoms with Gasteiger partial charge in [0.15, 0.2) is 0 Å². The molecule has 0 fully saturated rings. The maximum atomic E-state index is 11.1. The molecule has 0 saturated carbocycles. The number of nitrogens with zero attached hydrogens (tertiary/aromatic N) is 2. The van der Waals surface area contributed by atoms with E-state index in [1.807, 2.05) is 0 Å². The highest BCUT2D eigenvalue weighted by Crippen LogP contribution is 1.99. The van der Waals surface area contributed by atoms with Gasteiger partial charge in [-0.1, -0.05) is 0 Å². The zero-order valence-corrected chi connectivity index (χ0v) is 7.07. The third kappa shape index (κ3) is 1.55. The standard InChI is InChI=1S/C7H11N3O2/c1-3-12-7(11)6-9-5(2)4-10(6)8/h4H,3,8H2,1-2H3. The number of rotatable bonds is 2. The van der Waals surface area contributed by atoms with E-state index in [2.05, 4.69) is 4.98 Å². The number of imidazole rings is 1. The number of carbonyl (C=O) groups excluding carboxylic acids is 1. The maximum absolute atomic E-state index is 11.1. The van der Waals surface area contributed by atoms with Crippen molar-refractivity contribution in [1.82, 2.24) is 9.66 Å². The Morgan fingerprint density at radius 2 is 2.50 bits per heavy atom. The molecule has 0 aliphatic heterocycles. The Balaban J connectivity index is 2.87. The molecule has 0 unspecified atom stereocenters. The summed E-state index contributed by atoms with van der Waals surface area (Å²) >= 11 is 0. The second kappa shape index (κ2) is 3.25. The van der Waals surface area contributed by atoms with Gasteiger partial charge in [-0.05, 0) is 13.8 Å². The van der Waals surface area contributed by atoms with Crippen LogP contribution in [0, 0.1) is 6.92 Å². The van der Waals surface area contributed by atoms with Gasteiger partial charge >= 0.3 is 5.97 Å². The van der Waals surface area contributed by atoms with Gasteiger partial charge in [0.1, 0.15) is 0 Å². The van der Waals surface area contributed by atoms with Crippen molar-refractivity contribution < 1.29 is 9.53 Å². The second-order valence-corrected chi connectivity index (χ2v) is 2.33. The summed E-state index contributed by atoms with van der Waals surface area (Å²) in [5, 5.41) is 0. The van der Waals surface area contributed by atoms with Crippen LogP contribution in [0.1, 0.15) is 23.2 Å². The summed E-state index contributed by atoms with van der Waals surface area (Å²) < 4.78 is 5.88. The zero-order valence-electron chi connectivity index (χ0n) is 7.07. The first kappa shape index (κ1) is 8.58. The highest BCUT2D eigenvalue weighted by Gasteiger charge is 2.13. The summed E-state index contributed by atoms with van der Waals surface area (Å²) in [5.74, 6) is 5.07. The predicted octanol–water partition coefficient (Wildman–Crippen LogP) is 0.0820. The Morgan fingerprint density at radius 1 is 1.83 bits per heavy atom. The van der Waals surface area contributed by atoms with Crippen LogP contribution in [0.5, 0.6) is 0 Å². The number of aromatic nitrogens is 2. The van der Waals surface area contributed by atoms with Crippen LogP contribution in [0.25, 0.3) is 0 Å². The number of nitrogen functional groups attached to an aromatic ring is 1. The number of nitrogens with two attached hydrogens (primary N) is 1. The predicted molar refractivity (Wildman–Crippen MR) is 43.1 cm³/mol.